The standard InChI is InChI=1S/C12H24F3N3/c1-11(2,18-8-3-4-9-18)10(17-16)6-5-7-12(13,14)15/h10,17H,3-9,16H2,1-2H3. The fourth-order valence-corrected chi connectivity index (χ4v) is 2.66. The molecule has 0 aliphatic carbocycles. The van der Waals surface area contributed by atoms with Crippen molar-refractivity contribution in [3.05, 3.63) is 0 Å². The summed E-state index contributed by atoms with van der Waals surface area (Å²) in [5.41, 5.74) is 2.50. The Kier molecular flexibility index (Phi) is 5.43. The van der Waals surface area contributed by atoms with Crippen molar-refractivity contribution >= 4 is 0 Å². The summed E-state index contributed by atoms with van der Waals surface area (Å²) in [6, 6.07) is -0.113. The molecule has 0 radical (unpaired) electrons. The monoisotopic (exact) mass is 267 g/mol. The number of nitrogens with two attached hydrogens (primary N) is 1. The number of nitrogens with zero attached hydrogens (tertiary/aromatic N) is 1. The Hall–Kier alpha value is -0.330. The fourth-order valence-electron chi connectivity index (χ4n) is 2.66. The molecule has 0 spiro atoms. The summed E-state index contributed by atoms with van der Waals surface area (Å²) in [6.45, 7) is 6.11. The van der Waals surface area contributed by atoms with Gasteiger partial charge in [-0.15, -0.1) is 0 Å². The molecule has 1 rings (SSSR count). The Morgan fingerprint density at radius 3 is 2.22 bits per heavy atom. The van der Waals surface area contributed by atoms with Crippen LogP contribution in [0.1, 0.15) is 46.0 Å². The first-order valence-electron chi connectivity index (χ1n) is 6.55. The van der Waals surface area contributed by atoms with Crippen molar-refractivity contribution in [3.63, 3.8) is 0 Å². The summed E-state index contributed by atoms with van der Waals surface area (Å²) in [5, 5.41) is 0. The highest BCUT2D eigenvalue weighted by atomic mass is 19.4. The number of hydrazine groups is 1. The first kappa shape index (κ1) is 15.7. The maximum atomic E-state index is 12.1. The van der Waals surface area contributed by atoms with Crippen molar-refractivity contribution in [1.82, 2.24) is 10.3 Å². The molecule has 0 amide bonds. The van der Waals surface area contributed by atoms with E-state index in [1.807, 2.05) is 0 Å². The van der Waals surface area contributed by atoms with E-state index in [0.29, 0.717) is 6.42 Å². The summed E-state index contributed by atoms with van der Waals surface area (Å²) in [4.78, 5) is 2.31. The molecular weight excluding hydrogens is 243 g/mol. The van der Waals surface area contributed by atoms with E-state index in [-0.39, 0.29) is 18.0 Å². The molecular formula is C12H24F3N3. The third kappa shape index (κ3) is 4.40. The van der Waals surface area contributed by atoms with E-state index in [0.717, 1.165) is 25.9 Å². The van der Waals surface area contributed by atoms with Crippen LogP contribution in [0.5, 0.6) is 0 Å². The molecule has 1 aliphatic heterocycles. The highest BCUT2D eigenvalue weighted by Crippen LogP contribution is 2.28. The Labute approximate surface area is 107 Å². The van der Waals surface area contributed by atoms with Gasteiger partial charge in [0.25, 0.3) is 0 Å². The summed E-state index contributed by atoms with van der Waals surface area (Å²) in [6.07, 6.45) is -1.93. The van der Waals surface area contributed by atoms with Crippen molar-refractivity contribution in [3.8, 4) is 0 Å². The van der Waals surface area contributed by atoms with Crippen LogP contribution in [0.15, 0.2) is 0 Å². The maximum Gasteiger partial charge on any atom is 0.389 e. The van der Waals surface area contributed by atoms with Gasteiger partial charge in [0.15, 0.2) is 0 Å². The van der Waals surface area contributed by atoms with Crippen LogP contribution in [-0.2, 0) is 0 Å². The minimum Gasteiger partial charge on any atom is -0.297 e. The van der Waals surface area contributed by atoms with Crippen molar-refractivity contribution in [2.75, 3.05) is 13.1 Å². The highest BCUT2D eigenvalue weighted by Gasteiger charge is 2.36. The normalized spacial score (nSPS) is 20.3. The van der Waals surface area contributed by atoms with Crippen LogP contribution >= 0.6 is 0 Å². The smallest absolute Gasteiger partial charge is 0.297 e. The van der Waals surface area contributed by atoms with Crippen LogP contribution in [0.25, 0.3) is 0 Å². The van der Waals surface area contributed by atoms with Gasteiger partial charge in [-0.3, -0.25) is 16.2 Å². The number of hydrogen-bond donors (Lipinski definition) is 2. The Morgan fingerprint density at radius 2 is 1.78 bits per heavy atom. The third-order valence-electron chi connectivity index (χ3n) is 3.93. The summed E-state index contributed by atoms with van der Waals surface area (Å²) in [7, 11) is 0. The highest BCUT2D eigenvalue weighted by molar-refractivity contribution is 4.94. The van der Waals surface area contributed by atoms with Gasteiger partial charge in [0, 0.05) is 18.0 Å². The quantitative estimate of drug-likeness (QED) is 0.573. The van der Waals surface area contributed by atoms with Crippen LogP contribution in [0.4, 0.5) is 13.2 Å². The summed E-state index contributed by atoms with van der Waals surface area (Å²) >= 11 is 0. The zero-order valence-electron chi connectivity index (χ0n) is 11.2. The number of rotatable bonds is 6. The molecule has 0 aromatic carbocycles. The van der Waals surface area contributed by atoms with Crippen LogP contribution in [-0.4, -0.2) is 35.7 Å². The Morgan fingerprint density at radius 1 is 1.22 bits per heavy atom. The van der Waals surface area contributed by atoms with Gasteiger partial charge in [-0.05, 0) is 52.6 Å². The molecule has 1 unspecified atom stereocenters. The van der Waals surface area contributed by atoms with Gasteiger partial charge in [0.1, 0.15) is 0 Å². The second-order valence-electron chi connectivity index (χ2n) is 5.57. The fraction of sp³-hybridized carbons (Fsp3) is 1.00. The van der Waals surface area contributed by atoms with Gasteiger partial charge in [-0.25, -0.2) is 0 Å². The van der Waals surface area contributed by atoms with Crippen molar-refractivity contribution in [2.45, 2.75) is 63.7 Å². The van der Waals surface area contributed by atoms with Crippen LogP contribution in [0.3, 0.4) is 0 Å². The van der Waals surface area contributed by atoms with E-state index in [2.05, 4.69) is 24.2 Å². The molecule has 3 N–H and O–H groups in total. The molecule has 18 heavy (non-hydrogen) atoms. The topological polar surface area (TPSA) is 41.3 Å². The molecule has 6 heteroatoms. The van der Waals surface area contributed by atoms with E-state index in [1.165, 1.54) is 0 Å². The number of hydrogen-bond acceptors (Lipinski definition) is 3. The number of alkyl halides is 3. The summed E-state index contributed by atoms with van der Waals surface area (Å²) in [5.74, 6) is 5.52. The van der Waals surface area contributed by atoms with Crippen LogP contribution in [0, 0.1) is 0 Å². The van der Waals surface area contributed by atoms with Gasteiger partial charge >= 0.3 is 6.18 Å². The number of likely N-dealkylation sites (tertiary alicyclic amines) is 1. The third-order valence-corrected chi connectivity index (χ3v) is 3.93. The minimum absolute atomic E-state index is 0.113. The second kappa shape index (κ2) is 6.21. The molecule has 108 valence electrons. The van der Waals surface area contributed by atoms with Gasteiger partial charge < -0.3 is 0 Å². The van der Waals surface area contributed by atoms with E-state index in [1.54, 1.807) is 0 Å². The first-order valence-corrected chi connectivity index (χ1v) is 6.55. The average molecular weight is 267 g/mol. The lowest BCUT2D eigenvalue weighted by Gasteiger charge is -2.42. The lowest BCUT2D eigenvalue weighted by atomic mass is 9.89. The largest absolute Gasteiger partial charge is 0.389 e. The molecule has 0 bridgehead atoms. The van der Waals surface area contributed by atoms with E-state index in [9.17, 15) is 13.2 Å². The first-order chi connectivity index (χ1) is 8.27. The van der Waals surface area contributed by atoms with Gasteiger partial charge in [-0.2, -0.15) is 13.2 Å². The molecule has 3 nitrogen and oxygen atoms in total. The maximum absolute atomic E-state index is 12.1. The molecule has 0 saturated carbocycles. The predicted molar refractivity (Wildman–Crippen MR) is 65.9 cm³/mol. The molecule has 0 aromatic rings. The molecule has 1 aliphatic rings. The second-order valence-corrected chi connectivity index (χ2v) is 5.57. The van der Waals surface area contributed by atoms with Gasteiger partial charge in [0.05, 0.1) is 0 Å². The van der Waals surface area contributed by atoms with Crippen molar-refractivity contribution in [1.29, 1.82) is 0 Å². The minimum atomic E-state index is -4.07. The number of halogens is 3. The lowest BCUT2D eigenvalue weighted by Crippen LogP contribution is -2.58. The Bertz CT molecular complexity index is 247. The molecule has 1 heterocycles. The van der Waals surface area contributed by atoms with E-state index < -0.39 is 12.6 Å². The average Bonchev–Trinajstić information content (AvgIpc) is 2.76. The van der Waals surface area contributed by atoms with E-state index >= 15 is 0 Å². The van der Waals surface area contributed by atoms with Gasteiger partial charge in [-0.1, -0.05) is 0 Å². The van der Waals surface area contributed by atoms with Gasteiger partial charge in [0.2, 0.25) is 0 Å². The van der Waals surface area contributed by atoms with Crippen molar-refractivity contribution < 1.29 is 13.2 Å². The molecule has 0 aromatic heterocycles. The Balaban J connectivity index is 2.48. The summed E-state index contributed by atoms with van der Waals surface area (Å²) < 4.78 is 36.4. The van der Waals surface area contributed by atoms with Crippen LogP contribution in [0.2, 0.25) is 0 Å². The predicted octanol–water partition coefficient (Wildman–Crippen LogP) is 2.43. The zero-order valence-corrected chi connectivity index (χ0v) is 11.2. The van der Waals surface area contributed by atoms with E-state index in [4.69, 9.17) is 5.84 Å². The van der Waals surface area contributed by atoms with Crippen LogP contribution < -0.4 is 11.3 Å². The molecule has 1 fully saturated rings. The van der Waals surface area contributed by atoms with Crippen molar-refractivity contribution in [2.24, 2.45) is 5.84 Å². The zero-order chi connectivity index (χ0) is 13.8. The SMILES string of the molecule is CC(C)(C(CCCC(F)(F)F)NN)N1CCCC1. The molecule has 1 saturated heterocycles. The molecule has 1 atom stereocenters. The lowest BCUT2D eigenvalue weighted by molar-refractivity contribution is -0.136. The number of nitrogens with one attached hydrogen (secondary N) is 1.